The van der Waals surface area contributed by atoms with Crippen LogP contribution in [0.5, 0.6) is 0 Å². The molecule has 3 aromatic rings. The van der Waals surface area contributed by atoms with E-state index in [0.29, 0.717) is 29.9 Å². The molecule has 5 rings (SSSR count). The van der Waals surface area contributed by atoms with Gasteiger partial charge < -0.3 is 10.5 Å². The zero-order valence-corrected chi connectivity index (χ0v) is 17.9. The van der Waals surface area contributed by atoms with Gasteiger partial charge in [0.2, 0.25) is 5.95 Å². The molecule has 1 saturated carbocycles. The van der Waals surface area contributed by atoms with Gasteiger partial charge in [-0.2, -0.15) is 9.67 Å². The monoisotopic (exact) mass is 418 g/mol. The third-order valence-electron chi connectivity index (χ3n) is 6.61. The van der Waals surface area contributed by atoms with E-state index < -0.39 is 0 Å². The molecular weight excluding hydrogens is 388 g/mol. The average molecular weight is 419 g/mol. The Balaban J connectivity index is 1.19. The Morgan fingerprint density at radius 3 is 2.45 bits per heavy atom. The predicted octanol–water partition coefficient (Wildman–Crippen LogP) is 3.19. The van der Waals surface area contributed by atoms with Crippen LogP contribution in [0.15, 0.2) is 48.7 Å². The van der Waals surface area contributed by atoms with Gasteiger partial charge in [-0.05, 0) is 54.9 Å². The maximum Gasteiger partial charge on any atom is 0.225 e. The van der Waals surface area contributed by atoms with Crippen molar-refractivity contribution in [1.82, 2.24) is 24.6 Å². The predicted molar refractivity (Wildman–Crippen MR) is 120 cm³/mol. The van der Waals surface area contributed by atoms with Crippen LogP contribution in [0.4, 0.5) is 5.95 Å². The van der Waals surface area contributed by atoms with Crippen LogP contribution in [0.1, 0.15) is 48.6 Å². The number of nitrogen functional groups attached to an aromatic ring is 1. The number of benzene rings is 1. The highest BCUT2D eigenvalue weighted by molar-refractivity contribution is 5.33. The zero-order chi connectivity index (χ0) is 21.0. The Morgan fingerprint density at radius 1 is 0.968 bits per heavy atom. The van der Waals surface area contributed by atoms with Gasteiger partial charge in [-0.3, -0.25) is 4.90 Å². The van der Waals surface area contributed by atoms with E-state index in [4.69, 9.17) is 10.5 Å². The van der Waals surface area contributed by atoms with Gasteiger partial charge in [-0.1, -0.05) is 30.3 Å². The Hall–Kier alpha value is -2.77. The highest BCUT2D eigenvalue weighted by Crippen LogP contribution is 2.35. The first-order valence-corrected chi connectivity index (χ1v) is 11.3. The minimum atomic E-state index is 0.363. The normalized spacial score (nSPS) is 22.5. The third-order valence-corrected chi connectivity index (χ3v) is 6.61. The van der Waals surface area contributed by atoms with Crippen molar-refractivity contribution >= 4 is 5.95 Å². The molecule has 162 valence electrons. The summed E-state index contributed by atoms with van der Waals surface area (Å²) in [7, 11) is 0. The van der Waals surface area contributed by atoms with Crippen LogP contribution in [0, 0.1) is 0 Å². The molecule has 1 saturated heterocycles. The Morgan fingerprint density at radius 2 is 1.74 bits per heavy atom. The van der Waals surface area contributed by atoms with Crippen molar-refractivity contribution in [2.24, 2.45) is 0 Å². The molecule has 0 bridgehead atoms. The molecule has 1 aliphatic heterocycles. The molecule has 1 aliphatic carbocycles. The molecule has 0 amide bonds. The fourth-order valence-corrected chi connectivity index (χ4v) is 4.90. The van der Waals surface area contributed by atoms with Crippen LogP contribution in [0.25, 0.3) is 5.82 Å². The number of nitrogens with two attached hydrogens (primary N) is 1. The van der Waals surface area contributed by atoms with E-state index in [1.807, 2.05) is 18.2 Å². The minimum Gasteiger partial charge on any atom is -0.379 e. The molecule has 0 atom stereocenters. The standard InChI is InChI=1S/C24H30N6O/c25-24-27-22(28-30(24)23-3-1-2-12-26-23)17-18-4-6-19(7-5-18)20-8-10-21(11-9-20)29-13-15-31-16-14-29/h1-7,12,20-21H,8-11,13-17H2,(H2,25,27,28). The van der Waals surface area contributed by atoms with E-state index in [-0.39, 0.29) is 0 Å². The summed E-state index contributed by atoms with van der Waals surface area (Å²) < 4.78 is 7.10. The fourth-order valence-electron chi connectivity index (χ4n) is 4.90. The molecule has 0 unspecified atom stereocenters. The summed E-state index contributed by atoms with van der Waals surface area (Å²) in [6.07, 6.45) is 7.51. The van der Waals surface area contributed by atoms with Gasteiger partial charge in [0, 0.05) is 31.7 Å². The first kappa shape index (κ1) is 20.2. The molecule has 2 fully saturated rings. The van der Waals surface area contributed by atoms with Gasteiger partial charge in [-0.15, -0.1) is 5.10 Å². The molecule has 2 N–H and O–H groups in total. The van der Waals surface area contributed by atoms with Crippen LogP contribution < -0.4 is 5.73 Å². The topological polar surface area (TPSA) is 82.1 Å². The lowest BCUT2D eigenvalue weighted by Gasteiger charge is -2.38. The van der Waals surface area contributed by atoms with Crippen LogP contribution >= 0.6 is 0 Å². The van der Waals surface area contributed by atoms with E-state index in [9.17, 15) is 0 Å². The SMILES string of the molecule is Nc1nc(Cc2ccc(C3CCC(N4CCOCC4)CC3)cc2)nn1-c1ccccn1. The summed E-state index contributed by atoms with van der Waals surface area (Å²) in [5.74, 6) is 2.43. The number of rotatable bonds is 5. The summed E-state index contributed by atoms with van der Waals surface area (Å²) in [4.78, 5) is 11.4. The van der Waals surface area contributed by atoms with Crippen molar-refractivity contribution in [2.75, 3.05) is 32.0 Å². The first-order valence-electron chi connectivity index (χ1n) is 11.3. The first-order chi connectivity index (χ1) is 15.3. The van der Waals surface area contributed by atoms with E-state index in [2.05, 4.69) is 44.2 Å². The van der Waals surface area contributed by atoms with Crippen molar-refractivity contribution in [3.05, 3.63) is 65.6 Å². The molecule has 2 aromatic heterocycles. The van der Waals surface area contributed by atoms with Gasteiger partial charge in [0.15, 0.2) is 11.6 Å². The van der Waals surface area contributed by atoms with Crippen molar-refractivity contribution in [3.8, 4) is 5.82 Å². The summed E-state index contributed by atoms with van der Waals surface area (Å²) in [5, 5.41) is 4.54. The van der Waals surface area contributed by atoms with Gasteiger partial charge in [0.1, 0.15) is 0 Å². The number of hydrogen-bond acceptors (Lipinski definition) is 6. The second kappa shape index (κ2) is 9.16. The van der Waals surface area contributed by atoms with E-state index in [1.54, 1.807) is 10.9 Å². The van der Waals surface area contributed by atoms with Crippen LogP contribution in [0.3, 0.4) is 0 Å². The molecule has 0 radical (unpaired) electrons. The van der Waals surface area contributed by atoms with E-state index >= 15 is 0 Å². The van der Waals surface area contributed by atoms with Gasteiger partial charge in [0.25, 0.3) is 0 Å². The summed E-state index contributed by atoms with van der Waals surface area (Å²) in [6, 6.07) is 15.4. The number of anilines is 1. The van der Waals surface area contributed by atoms with Crippen molar-refractivity contribution in [2.45, 2.75) is 44.1 Å². The molecule has 3 heterocycles. The summed E-state index contributed by atoms with van der Waals surface area (Å²) in [5.41, 5.74) is 8.71. The average Bonchev–Trinajstić information content (AvgIpc) is 3.21. The number of aromatic nitrogens is 4. The number of nitrogens with zero attached hydrogens (tertiary/aromatic N) is 5. The number of hydrogen-bond donors (Lipinski definition) is 1. The maximum absolute atomic E-state index is 6.05. The summed E-state index contributed by atoms with van der Waals surface area (Å²) >= 11 is 0. The van der Waals surface area contributed by atoms with Crippen LogP contribution in [0.2, 0.25) is 0 Å². The van der Waals surface area contributed by atoms with Crippen LogP contribution in [-0.2, 0) is 11.2 Å². The molecule has 7 nitrogen and oxygen atoms in total. The summed E-state index contributed by atoms with van der Waals surface area (Å²) in [6.45, 7) is 3.97. The molecule has 31 heavy (non-hydrogen) atoms. The molecule has 1 aromatic carbocycles. The number of ether oxygens (including phenoxy) is 1. The van der Waals surface area contributed by atoms with E-state index in [0.717, 1.165) is 32.3 Å². The fraction of sp³-hybridized carbons (Fsp3) is 0.458. The van der Waals surface area contributed by atoms with Crippen molar-refractivity contribution in [1.29, 1.82) is 0 Å². The Kier molecular flexibility index (Phi) is 5.95. The second-order valence-corrected chi connectivity index (χ2v) is 8.56. The second-order valence-electron chi connectivity index (χ2n) is 8.56. The van der Waals surface area contributed by atoms with Crippen molar-refractivity contribution in [3.63, 3.8) is 0 Å². The lowest BCUT2D eigenvalue weighted by Crippen LogP contribution is -2.44. The van der Waals surface area contributed by atoms with Crippen molar-refractivity contribution < 1.29 is 4.74 Å². The molecule has 7 heteroatoms. The largest absolute Gasteiger partial charge is 0.379 e. The quantitative estimate of drug-likeness (QED) is 0.685. The highest BCUT2D eigenvalue weighted by atomic mass is 16.5. The Labute approximate surface area is 183 Å². The molecule has 0 spiro atoms. The zero-order valence-electron chi connectivity index (χ0n) is 17.9. The maximum atomic E-state index is 6.05. The lowest BCUT2D eigenvalue weighted by molar-refractivity contribution is 0.00730. The smallest absolute Gasteiger partial charge is 0.225 e. The van der Waals surface area contributed by atoms with Crippen LogP contribution in [-0.4, -0.2) is 57.0 Å². The van der Waals surface area contributed by atoms with Gasteiger partial charge in [-0.25, -0.2) is 4.98 Å². The lowest BCUT2D eigenvalue weighted by atomic mass is 9.81. The molecular formula is C24H30N6O. The third kappa shape index (κ3) is 4.62. The number of morpholine rings is 1. The van der Waals surface area contributed by atoms with Gasteiger partial charge >= 0.3 is 0 Å². The Bertz CT molecular complexity index is 973. The highest BCUT2D eigenvalue weighted by Gasteiger charge is 2.27. The van der Waals surface area contributed by atoms with E-state index in [1.165, 1.54) is 36.8 Å². The number of pyridine rings is 1. The van der Waals surface area contributed by atoms with Gasteiger partial charge in [0.05, 0.1) is 13.2 Å². The minimum absolute atomic E-state index is 0.363. The molecule has 2 aliphatic rings.